The van der Waals surface area contributed by atoms with Crippen molar-refractivity contribution in [3.8, 4) is 131 Å². The normalized spacial score (nSPS) is 10.5. The van der Waals surface area contributed by atoms with Crippen molar-refractivity contribution in [1.82, 2.24) is 29.9 Å². The first-order chi connectivity index (χ1) is 70.4. The molecule has 29 heteroatoms. The topological polar surface area (TPSA) is 205 Å². The third-order valence-electron chi connectivity index (χ3n) is 23.4. The molecule has 0 aliphatic heterocycles. The van der Waals surface area contributed by atoms with Crippen molar-refractivity contribution in [2.45, 2.75) is 6.92 Å². The molecule has 0 aliphatic carbocycles. The number of anilines is 6. The van der Waals surface area contributed by atoms with Gasteiger partial charge in [-0.2, -0.15) is 0 Å². The van der Waals surface area contributed by atoms with E-state index in [1.165, 1.54) is 94.2 Å². The monoisotopic (exact) mass is 2320 g/mol. The first kappa shape index (κ1) is 111. The van der Waals surface area contributed by atoms with Gasteiger partial charge in [-0.15, -0.1) is 68.0 Å². The van der Waals surface area contributed by atoms with Gasteiger partial charge in [0, 0.05) is 112 Å². The Morgan fingerprint density at radius 2 is 0.353 bits per heavy atom. The smallest absolute Gasteiger partial charge is 0.128 e. The number of fused-ring (bicyclic) bond motifs is 6. The number of aromatic nitrogens is 6. The zero-order valence-corrected chi connectivity index (χ0v) is 98.4. The number of rotatable bonds is 15. The molecule has 19 aromatic carbocycles. The standard InChI is InChI=1S/2C31H22N2OS.C20H15NOS.3C13H8FNOS.2ClH.4Zn/c2*34-29-20-17-23(21-27(29)31-32-28-13-7-8-14-30(28)35-31)22-15-18-26(19-16-22)33(24-9-3-1-4-10-24)25-11-5-2-6-12-25;1-13-6-8-14(9-7-13)15-10-11-18(22)16(12-15)20-21-17-4-2-3-5-19(17)23-20;3*14-8-5-6-11(16)9(7-8)13-15-10-3-1-2-4-12(10)17-13;;;;;;/h2*1-21,34H;2-12,22H,1H3;3*1-7,16H;2*1H;;;;/p-2. The van der Waals surface area contributed by atoms with Crippen molar-refractivity contribution < 1.29 is 147 Å². The molecular weight excluding hydrogens is 2240 g/mol. The van der Waals surface area contributed by atoms with E-state index in [2.05, 4.69) is 225 Å². The predicted molar refractivity (Wildman–Crippen MR) is 591 cm³/mol. The molecule has 0 atom stereocenters. The minimum Gasteiger partial charge on any atom is -1.00 e. The molecule has 0 amide bonds. The number of aromatic hydroxyl groups is 6. The van der Waals surface area contributed by atoms with Gasteiger partial charge in [-0.1, -0.05) is 218 Å². The first-order valence-corrected chi connectivity index (χ1v) is 50.5. The molecule has 0 spiro atoms. The summed E-state index contributed by atoms with van der Waals surface area (Å²) in [5.41, 5.74) is 23.3. The van der Waals surface area contributed by atoms with Gasteiger partial charge in [-0.3, -0.25) is 0 Å². The number of phenolic OH excluding ortho intramolecular Hbond substituents is 6. The minimum absolute atomic E-state index is 0. The molecule has 150 heavy (non-hydrogen) atoms. The Kier molecular flexibility index (Phi) is 38.5. The van der Waals surface area contributed by atoms with Gasteiger partial charge < -0.3 is 65.3 Å². The van der Waals surface area contributed by atoms with Crippen molar-refractivity contribution in [3.63, 3.8) is 0 Å². The summed E-state index contributed by atoms with van der Waals surface area (Å²) in [6.45, 7) is 2.08. The number of phenols is 6. The molecule has 0 unspecified atom stereocenters. The molecule has 14 nitrogen and oxygen atoms in total. The van der Waals surface area contributed by atoms with Crippen LogP contribution < -0.4 is 34.6 Å². The Morgan fingerprint density at radius 3 is 0.560 bits per heavy atom. The fourth-order valence-corrected chi connectivity index (χ4v) is 22.1. The van der Waals surface area contributed by atoms with Gasteiger partial charge in [-0.05, 0) is 277 Å². The quantitative estimate of drug-likeness (QED) is 0.0529. The zero-order valence-electron chi connectivity index (χ0n) is 80.2. The third-order valence-corrected chi connectivity index (χ3v) is 29.8. The van der Waals surface area contributed by atoms with Crippen molar-refractivity contribution in [2.75, 3.05) is 9.80 Å². The van der Waals surface area contributed by atoms with Gasteiger partial charge in [0.05, 0.1) is 94.7 Å². The van der Waals surface area contributed by atoms with Gasteiger partial charge in [0.15, 0.2) is 0 Å². The number of thiazole rings is 6. The second-order valence-corrected chi connectivity index (χ2v) is 39.3. The van der Waals surface area contributed by atoms with E-state index < -0.39 is 0 Å². The van der Waals surface area contributed by atoms with Gasteiger partial charge >= 0.3 is 0 Å². The Morgan fingerprint density at radius 1 is 0.187 bits per heavy atom. The minimum atomic E-state index is -0.378. The van der Waals surface area contributed by atoms with Crippen LogP contribution in [0.5, 0.6) is 34.5 Å². The van der Waals surface area contributed by atoms with Crippen molar-refractivity contribution in [3.05, 3.63) is 472 Å². The number of para-hydroxylation sites is 10. The third kappa shape index (κ3) is 26.2. The van der Waals surface area contributed by atoms with E-state index in [0.29, 0.717) is 31.7 Å². The molecule has 724 valence electrons. The average Bonchev–Trinajstić information content (AvgIpc) is 1.66. The molecule has 0 bridgehead atoms. The molecule has 25 aromatic rings. The fraction of sp³-hybridized carbons (Fsp3) is 0.00826. The molecule has 6 heterocycles. The molecule has 0 radical (unpaired) electrons. The largest absolute Gasteiger partial charge is 1.00 e. The number of aryl methyl sites for hydroxylation is 1. The molecule has 0 saturated heterocycles. The number of hydrogen-bond acceptors (Lipinski definition) is 20. The van der Waals surface area contributed by atoms with Crippen LogP contribution in [-0.4, -0.2) is 60.5 Å². The Bertz CT molecular complexity index is 8050. The number of hydrogen-bond donors (Lipinski definition) is 6. The predicted octanol–water partition coefficient (Wildman–Crippen LogP) is 28.7. The van der Waals surface area contributed by atoms with Crippen LogP contribution in [0, 0.1) is 24.4 Å². The number of benzene rings is 19. The molecule has 0 aliphatic rings. The van der Waals surface area contributed by atoms with Crippen LogP contribution >= 0.6 is 68.0 Å². The van der Waals surface area contributed by atoms with E-state index in [9.17, 15) is 43.8 Å². The van der Waals surface area contributed by atoms with Crippen molar-refractivity contribution >= 4 is 163 Å². The van der Waals surface area contributed by atoms with Gasteiger partial charge in [0.1, 0.15) is 82.0 Å². The molecule has 25 rings (SSSR count). The molecule has 6 N–H and O–H groups in total. The fourth-order valence-electron chi connectivity index (χ4n) is 16.2. The van der Waals surface area contributed by atoms with Crippen LogP contribution in [0.1, 0.15) is 5.56 Å². The summed E-state index contributed by atoms with van der Waals surface area (Å²) in [7, 11) is 0. The maximum atomic E-state index is 13.2. The van der Waals surface area contributed by atoms with Crippen molar-refractivity contribution in [2.24, 2.45) is 0 Å². The molecule has 6 aromatic heterocycles. The molecule has 0 fully saturated rings. The van der Waals surface area contributed by atoms with E-state index in [4.69, 9.17) is 9.97 Å². The summed E-state index contributed by atoms with van der Waals surface area (Å²) < 4.78 is 45.9. The van der Waals surface area contributed by atoms with Gasteiger partial charge in [0.2, 0.25) is 0 Å². The SMILES string of the molecule is Cc1ccc(-c2ccc(O)c(-c3nc4ccccc4s3)c2)cc1.Oc1ccc(-c2ccc(N(c3ccccc3)c3ccccc3)cc2)cc1-c1nc2ccccc2s1.Oc1ccc(-c2ccc(N(c3ccccc3)c3ccccc3)cc2)cc1-c1nc2ccccc2s1.Oc1ccc(F)cc1-c1nc2ccccc2s1.Oc1ccc(F)cc1-c1nc2ccccc2s1.Oc1ccc(F)cc1-c1nc2ccccc2s1.[Cl-].[Cl-].[Zn].[Zn].[Zn].[Zn]. The zero-order chi connectivity index (χ0) is 98.5. The Labute approximate surface area is 950 Å². The number of nitrogens with zero attached hydrogens (tertiary/aromatic N) is 8. The van der Waals surface area contributed by atoms with Crippen LogP contribution in [0.2, 0.25) is 0 Å². The van der Waals surface area contributed by atoms with E-state index in [1.807, 2.05) is 188 Å². The van der Waals surface area contributed by atoms with E-state index in [0.717, 1.165) is 161 Å². The second kappa shape index (κ2) is 51.8. The summed E-state index contributed by atoms with van der Waals surface area (Å²) in [5.74, 6) is -0.250. The first-order valence-electron chi connectivity index (χ1n) is 45.6. The maximum absolute atomic E-state index is 13.2. The van der Waals surface area contributed by atoms with Crippen molar-refractivity contribution in [1.29, 1.82) is 0 Å². The van der Waals surface area contributed by atoms with E-state index in [1.54, 1.807) is 52.2 Å². The van der Waals surface area contributed by atoms with E-state index in [-0.39, 0.29) is 155 Å². The summed E-state index contributed by atoms with van der Waals surface area (Å²) in [6.07, 6.45) is 0. The maximum Gasteiger partial charge on any atom is 0.128 e. The van der Waals surface area contributed by atoms with Crippen LogP contribution in [-0.2, 0) is 77.9 Å². The average molecular weight is 2330 g/mol. The summed E-state index contributed by atoms with van der Waals surface area (Å²) in [6, 6.07) is 143. The summed E-state index contributed by atoms with van der Waals surface area (Å²) in [4.78, 5) is 31.7. The van der Waals surface area contributed by atoms with Crippen LogP contribution in [0.25, 0.3) is 158 Å². The van der Waals surface area contributed by atoms with Gasteiger partial charge in [0.25, 0.3) is 0 Å². The number of halogens is 5. The summed E-state index contributed by atoms with van der Waals surface area (Å²) >= 11 is 9.09. The summed E-state index contributed by atoms with van der Waals surface area (Å²) in [5, 5.41) is 65.0. The Hall–Kier alpha value is -14.2. The molecular formula is C121H83Cl2F3N8O6S6Zn4-2. The van der Waals surface area contributed by atoms with Gasteiger partial charge in [-0.25, -0.2) is 43.1 Å². The molecule has 0 saturated carbocycles. The second-order valence-electron chi connectivity index (χ2n) is 33.1. The Balaban J connectivity index is 0.000000144. The van der Waals surface area contributed by atoms with Crippen LogP contribution in [0.15, 0.2) is 449 Å². The van der Waals surface area contributed by atoms with Crippen LogP contribution in [0.3, 0.4) is 0 Å². The van der Waals surface area contributed by atoms with Crippen LogP contribution in [0.4, 0.5) is 47.3 Å². The van der Waals surface area contributed by atoms with E-state index >= 15 is 0 Å².